The molecule has 0 bridgehead atoms. The van der Waals surface area contributed by atoms with E-state index in [9.17, 15) is 0 Å². The summed E-state index contributed by atoms with van der Waals surface area (Å²) in [6.07, 6.45) is 0.860. The first kappa shape index (κ1) is 12.3. The van der Waals surface area contributed by atoms with Gasteiger partial charge in [-0.3, -0.25) is 0 Å². The largest absolute Gasteiger partial charge is 0.326 e. The van der Waals surface area contributed by atoms with Crippen molar-refractivity contribution >= 4 is 22.6 Å². The molecule has 2 N–H and O–H groups in total. The molecule has 1 aromatic carbocycles. The fourth-order valence-electron chi connectivity index (χ4n) is 2.25. The van der Waals surface area contributed by atoms with Gasteiger partial charge >= 0.3 is 0 Å². The normalized spacial score (nSPS) is 11.3. The number of hydrogen-bond acceptors (Lipinski definition) is 5. The second kappa shape index (κ2) is 4.71. The maximum absolute atomic E-state index is 5.78. The van der Waals surface area contributed by atoms with Gasteiger partial charge in [-0.2, -0.15) is 0 Å². The van der Waals surface area contributed by atoms with Gasteiger partial charge in [0.2, 0.25) is 0 Å². The first-order chi connectivity index (χ1) is 9.26. The molecular weight excluding hydrogens is 258 g/mol. The molecule has 0 unspecified atom stereocenters. The van der Waals surface area contributed by atoms with E-state index < -0.39 is 0 Å². The highest BCUT2D eigenvalue weighted by molar-refractivity contribution is 7.09. The summed E-state index contributed by atoms with van der Waals surface area (Å²) in [5.74, 6) is 0.919. The Morgan fingerprint density at radius 3 is 2.95 bits per heavy atom. The topological polar surface area (TPSA) is 69.6 Å². The van der Waals surface area contributed by atoms with E-state index in [0.717, 1.165) is 39.4 Å². The Balaban J connectivity index is 2.28. The van der Waals surface area contributed by atoms with Crippen molar-refractivity contribution in [3.8, 4) is 10.7 Å². The molecule has 3 rings (SSSR count). The summed E-state index contributed by atoms with van der Waals surface area (Å²) < 4.78 is 6.12. The molecule has 2 aromatic heterocycles. The van der Waals surface area contributed by atoms with E-state index in [1.165, 1.54) is 11.5 Å². The van der Waals surface area contributed by atoms with Crippen LogP contribution in [0.1, 0.15) is 18.2 Å². The monoisotopic (exact) mass is 273 g/mol. The number of rotatable bonds is 3. The third-order valence-corrected chi connectivity index (χ3v) is 4.07. The predicted octanol–water partition coefficient (Wildman–Crippen LogP) is 2.11. The summed E-state index contributed by atoms with van der Waals surface area (Å²) in [5.41, 5.74) is 9.90. The van der Waals surface area contributed by atoms with Crippen LogP contribution in [0.3, 0.4) is 0 Å². The number of fused-ring (bicyclic) bond motifs is 1. The predicted molar refractivity (Wildman–Crippen MR) is 76.9 cm³/mol. The molecule has 0 aliphatic carbocycles. The van der Waals surface area contributed by atoms with Gasteiger partial charge in [0.15, 0.2) is 5.82 Å². The number of nitrogens with two attached hydrogens (primary N) is 1. The lowest BCUT2D eigenvalue weighted by Crippen LogP contribution is -1.97. The van der Waals surface area contributed by atoms with Crippen molar-refractivity contribution in [2.24, 2.45) is 12.8 Å². The van der Waals surface area contributed by atoms with Crippen LogP contribution < -0.4 is 5.73 Å². The number of nitrogens with zero attached hydrogens (tertiary/aromatic N) is 4. The fraction of sp³-hybridized carbons (Fsp3) is 0.308. The van der Waals surface area contributed by atoms with Crippen LogP contribution in [-0.2, 0) is 20.0 Å². The number of aromatic nitrogens is 4. The van der Waals surface area contributed by atoms with E-state index in [4.69, 9.17) is 10.7 Å². The lowest BCUT2D eigenvalue weighted by Gasteiger charge is -2.00. The standard InChI is InChI=1S/C13H15N5S/c1-3-9-12(19-17-16-9)13-15-11-8(7-14)5-4-6-10(11)18(13)2/h4-6H,3,7,14H2,1-2H3. The SMILES string of the molecule is CCc1nnsc1-c1nc2c(CN)cccc2n1C. The first-order valence-corrected chi connectivity index (χ1v) is 6.99. The number of para-hydroxylation sites is 1. The highest BCUT2D eigenvalue weighted by atomic mass is 32.1. The van der Waals surface area contributed by atoms with Gasteiger partial charge in [-0.1, -0.05) is 23.5 Å². The number of aryl methyl sites for hydroxylation is 2. The summed E-state index contributed by atoms with van der Waals surface area (Å²) in [7, 11) is 2.02. The molecule has 0 atom stereocenters. The molecule has 5 nitrogen and oxygen atoms in total. The van der Waals surface area contributed by atoms with E-state index in [1.807, 2.05) is 19.2 Å². The van der Waals surface area contributed by atoms with Crippen LogP contribution in [0.2, 0.25) is 0 Å². The minimum Gasteiger partial charge on any atom is -0.326 e. The van der Waals surface area contributed by atoms with Crippen molar-refractivity contribution in [1.29, 1.82) is 0 Å². The van der Waals surface area contributed by atoms with Crippen molar-refractivity contribution in [2.75, 3.05) is 0 Å². The summed E-state index contributed by atoms with van der Waals surface area (Å²) in [4.78, 5) is 5.79. The average Bonchev–Trinajstić information content (AvgIpc) is 3.03. The van der Waals surface area contributed by atoms with Gasteiger partial charge in [-0.05, 0) is 29.6 Å². The molecule has 2 heterocycles. The molecular formula is C13H15N5S. The molecule has 19 heavy (non-hydrogen) atoms. The quantitative estimate of drug-likeness (QED) is 0.793. The number of benzene rings is 1. The molecule has 0 aliphatic heterocycles. The first-order valence-electron chi connectivity index (χ1n) is 6.22. The van der Waals surface area contributed by atoms with Crippen molar-refractivity contribution in [3.63, 3.8) is 0 Å². The van der Waals surface area contributed by atoms with Crippen LogP contribution in [0.25, 0.3) is 21.7 Å². The van der Waals surface area contributed by atoms with E-state index in [0.29, 0.717) is 6.54 Å². The van der Waals surface area contributed by atoms with Crippen molar-refractivity contribution < 1.29 is 0 Å². The zero-order valence-corrected chi connectivity index (χ0v) is 11.7. The molecule has 98 valence electrons. The molecule has 6 heteroatoms. The second-order valence-electron chi connectivity index (χ2n) is 4.39. The molecule has 0 saturated carbocycles. The zero-order chi connectivity index (χ0) is 13.4. The van der Waals surface area contributed by atoms with Gasteiger partial charge in [-0.25, -0.2) is 4.98 Å². The summed E-state index contributed by atoms with van der Waals surface area (Å²) in [6.45, 7) is 2.57. The van der Waals surface area contributed by atoms with Crippen molar-refractivity contribution in [1.82, 2.24) is 19.1 Å². The van der Waals surface area contributed by atoms with E-state index >= 15 is 0 Å². The highest BCUT2D eigenvalue weighted by Crippen LogP contribution is 2.29. The van der Waals surface area contributed by atoms with Crippen LogP contribution in [-0.4, -0.2) is 19.1 Å². The maximum atomic E-state index is 5.78. The molecule has 3 aromatic rings. The number of hydrogen-bond donors (Lipinski definition) is 1. The summed E-state index contributed by atoms with van der Waals surface area (Å²) in [5, 5.41) is 4.16. The molecule has 0 radical (unpaired) electrons. The Kier molecular flexibility index (Phi) is 3.04. The lowest BCUT2D eigenvalue weighted by molar-refractivity contribution is 0.945. The zero-order valence-electron chi connectivity index (χ0n) is 10.9. The third-order valence-electron chi connectivity index (χ3n) is 3.31. The Bertz CT molecular complexity index is 728. The average molecular weight is 273 g/mol. The molecule has 0 aliphatic rings. The Labute approximate surface area is 115 Å². The van der Waals surface area contributed by atoms with Gasteiger partial charge in [0.05, 0.1) is 16.7 Å². The smallest absolute Gasteiger partial charge is 0.154 e. The van der Waals surface area contributed by atoms with Crippen LogP contribution >= 0.6 is 11.5 Å². The Morgan fingerprint density at radius 1 is 1.37 bits per heavy atom. The van der Waals surface area contributed by atoms with Crippen LogP contribution in [0, 0.1) is 0 Å². The van der Waals surface area contributed by atoms with Gasteiger partial charge in [0.1, 0.15) is 4.88 Å². The molecule has 0 spiro atoms. The van der Waals surface area contributed by atoms with Gasteiger partial charge in [0.25, 0.3) is 0 Å². The summed E-state index contributed by atoms with van der Waals surface area (Å²) in [6, 6.07) is 6.09. The van der Waals surface area contributed by atoms with E-state index in [1.54, 1.807) is 0 Å². The Morgan fingerprint density at radius 2 is 2.21 bits per heavy atom. The van der Waals surface area contributed by atoms with E-state index in [2.05, 4.69) is 27.1 Å². The lowest BCUT2D eigenvalue weighted by atomic mass is 10.2. The maximum Gasteiger partial charge on any atom is 0.154 e. The molecule has 0 amide bonds. The van der Waals surface area contributed by atoms with Crippen LogP contribution in [0.5, 0.6) is 0 Å². The number of imidazole rings is 1. The molecule has 0 fully saturated rings. The van der Waals surface area contributed by atoms with Gasteiger partial charge < -0.3 is 10.3 Å². The van der Waals surface area contributed by atoms with Crippen molar-refractivity contribution in [2.45, 2.75) is 19.9 Å². The Hall–Kier alpha value is -1.79. The fourth-order valence-corrected chi connectivity index (χ4v) is 3.03. The van der Waals surface area contributed by atoms with Gasteiger partial charge in [-0.15, -0.1) is 5.10 Å². The van der Waals surface area contributed by atoms with Gasteiger partial charge in [0, 0.05) is 13.6 Å². The van der Waals surface area contributed by atoms with Crippen LogP contribution in [0.4, 0.5) is 0 Å². The van der Waals surface area contributed by atoms with Crippen LogP contribution in [0.15, 0.2) is 18.2 Å². The summed E-state index contributed by atoms with van der Waals surface area (Å²) >= 11 is 1.39. The molecule has 0 saturated heterocycles. The van der Waals surface area contributed by atoms with E-state index in [-0.39, 0.29) is 0 Å². The minimum absolute atomic E-state index is 0.495. The highest BCUT2D eigenvalue weighted by Gasteiger charge is 2.17. The second-order valence-corrected chi connectivity index (χ2v) is 5.14. The van der Waals surface area contributed by atoms with Crippen molar-refractivity contribution in [3.05, 3.63) is 29.5 Å². The minimum atomic E-state index is 0.495. The third kappa shape index (κ3) is 1.84.